The van der Waals surface area contributed by atoms with E-state index in [0.717, 1.165) is 83.9 Å². The summed E-state index contributed by atoms with van der Waals surface area (Å²) in [5.41, 5.74) is 8.08. The standard InChI is InChI=1S/C58H63N3O11/c1-4-59-30-72-44-26-42(68-2)36-15-16-37-49-41(60-56(67)52(44)51(36)49)25-43-50(37)54(65)38(29-71-43)33-23-45(69-3)55(66)46(24-33)70-28-35(27-62)58-34-13-11-31-9-8-10-32(53(31)58)12-17-40(58)39(18-14-34)57(21-6-5-7-22-57)61-47(63)19-20-48(61)64/h8-13,17,19-20,23-26,34-35,38-40,54,56,59-60,62,65-67H,4-7,14-16,18,21-22,27-30H2,1-3H3. The first-order valence-corrected chi connectivity index (χ1v) is 25.8. The van der Waals surface area contributed by atoms with Crippen LogP contribution in [0.4, 0.5) is 5.69 Å². The molecule has 4 aromatic carbocycles. The lowest BCUT2D eigenvalue weighted by atomic mass is 9.43. The minimum Gasteiger partial charge on any atom is -0.502 e. The number of amides is 2. The van der Waals surface area contributed by atoms with Crippen molar-refractivity contribution in [2.24, 2.45) is 23.7 Å². The van der Waals surface area contributed by atoms with Crippen LogP contribution >= 0.6 is 0 Å². The number of allylic oxidation sites excluding steroid dienone is 2. The van der Waals surface area contributed by atoms with Gasteiger partial charge in [0, 0.05) is 69.5 Å². The van der Waals surface area contributed by atoms with Crippen LogP contribution in [0.5, 0.6) is 34.5 Å². The summed E-state index contributed by atoms with van der Waals surface area (Å²) in [5, 5.41) is 54.4. The van der Waals surface area contributed by atoms with Crippen molar-refractivity contribution in [3.63, 3.8) is 0 Å². The Labute approximate surface area is 419 Å². The lowest BCUT2D eigenvalue weighted by Crippen LogP contribution is -2.66. The van der Waals surface area contributed by atoms with Gasteiger partial charge in [-0.15, -0.1) is 0 Å². The number of hydrogen-bond acceptors (Lipinski definition) is 13. The summed E-state index contributed by atoms with van der Waals surface area (Å²) < 4.78 is 31.3. The number of benzene rings is 4. The Balaban J connectivity index is 0.905. The number of aromatic hydroxyl groups is 1. The number of nitrogens with one attached hydrogen (secondary N) is 2. The van der Waals surface area contributed by atoms with Crippen LogP contribution in [0.25, 0.3) is 23.3 Å². The molecule has 0 spiro atoms. The number of imide groups is 1. The fraction of sp³-hybridized carbons (Fsp3) is 0.448. The second-order valence-corrected chi connectivity index (χ2v) is 20.9. The average Bonchev–Trinajstić information content (AvgIpc) is 3.75. The van der Waals surface area contributed by atoms with Gasteiger partial charge in [0.1, 0.15) is 24.0 Å². The van der Waals surface area contributed by atoms with Gasteiger partial charge in [0.15, 0.2) is 17.7 Å². The molecule has 0 bridgehead atoms. The number of phenols is 1. The summed E-state index contributed by atoms with van der Waals surface area (Å²) in [6.45, 7) is 2.84. The number of anilines is 1. The maximum atomic E-state index is 13.7. The van der Waals surface area contributed by atoms with Gasteiger partial charge in [0.2, 0.25) is 5.75 Å². The van der Waals surface area contributed by atoms with E-state index in [1.54, 1.807) is 24.1 Å². The number of fused-ring (bicyclic) bond motifs is 2. The zero-order chi connectivity index (χ0) is 49.6. The minimum absolute atomic E-state index is 0.0116. The highest BCUT2D eigenvalue weighted by Gasteiger charge is 2.64. The van der Waals surface area contributed by atoms with Gasteiger partial charge in [-0.1, -0.05) is 68.7 Å². The van der Waals surface area contributed by atoms with E-state index in [4.69, 9.17) is 23.7 Å². The number of carbonyl (C=O) groups excluding carboxylic acids is 2. The van der Waals surface area contributed by atoms with E-state index in [9.17, 15) is 30.0 Å². The van der Waals surface area contributed by atoms with Crippen LogP contribution in [0.15, 0.2) is 66.8 Å². The van der Waals surface area contributed by atoms with Crippen molar-refractivity contribution in [3.05, 3.63) is 111 Å². The predicted molar refractivity (Wildman–Crippen MR) is 270 cm³/mol. The first kappa shape index (κ1) is 46.7. The molecule has 2 fully saturated rings. The Morgan fingerprint density at radius 2 is 1.58 bits per heavy atom. The van der Waals surface area contributed by atoms with Crippen LogP contribution in [0, 0.1) is 23.7 Å². The maximum Gasteiger partial charge on any atom is 0.254 e. The number of rotatable bonds is 14. The summed E-state index contributed by atoms with van der Waals surface area (Å²) in [7, 11) is 3.11. The van der Waals surface area contributed by atoms with Gasteiger partial charge in [0.25, 0.3) is 11.8 Å². The van der Waals surface area contributed by atoms with E-state index < -0.39 is 35.1 Å². The van der Waals surface area contributed by atoms with Crippen molar-refractivity contribution in [1.82, 2.24) is 10.2 Å². The highest BCUT2D eigenvalue weighted by atomic mass is 16.5. The summed E-state index contributed by atoms with van der Waals surface area (Å²) in [6.07, 6.45) is 16.8. The normalized spacial score (nSPS) is 27.0. The molecule has 72 heavy (non-hydrogen) atoms. The minimum atomic E-state index is -1.06. The highest BCUT2D eigenvalue weighted by Crippen LogP contribution is 2.65. The third kappa shape index (κ3) is 6.81. The first-order chi connectivity index (χ1) is 35.1. The largest absolute Gasteiger partial charge is 0.502 e. The summed E-state index contributed by atoms with van der Waals surface area (Å²) >= 11 is 0. The molecule has 8 atom stereocenters. The highest BCUT2D eigenvalue weighted by molar-refractivity contribution is 6.13. The molecule has 3 aliphatic heterocycles. The van der Waals surface area contributed by atoms with Crippen LogP contribution in [0.2, 0.25) is 0 Å². The third-order valence-electron chi connectivity index (χ3n) is 17.8. The fourth-order valence-corrected chi connectivity index (χ4v) is 14.9. The van der Waals surface area contributed by atoms with E-state index >= 15 is 0 Å². The molecule has 8 unspecified atom stereocenters. The van der Waals surface area contributed by atoms with Gasteiger partial charge in [-0.2, -0.15) is 0 Å². The average molecular weight is 978 g/mol. The fourth-order valence-electron chi connectivity index (χ4n) is 14.9. The number of methoxy groups -OCH3 is 2. The molecule has 14 heteroatoms. The lowest BCUT2D eigenvalue weighted by molar-refractivity contribution is -0.154. The van der Waals surface area contributed by atoms with E-state index in [2.05, 4.69) is 53.1 Å². The maximum absolute atomic E-state index is 13.7. The van der Waals surface area contributed by atoms with Crippen molar-refractivity contribution >= 4 is 29.7 Å². The van der Waals surface area contributed by atoms with Gasteiger partial charge >= 0.3 is 0 Å². The van der Waals surface area contributed by atoms with Crippen LogP contribution in [0.3, 0.4) is 0 Å². The Morgan fingerprint density at radius 3 is 2.32 bits per heavy atom. The second-order valence-electron chi connectivity index (χ2n) is 20.9. The molecular weight excluding hydrogens is 915 g/mol. The Kier molecular flexibility index (Phi) is 11.7. The summed E-state index contributed by atoms with van der Waals surface area (Å²) in [4.78, 5) is 29.0. The topological polar surface area (TPSA) is 189 Å². The lowest BCUT2D eigenvalue weighted by Gasteiger charge is -2.63. The van der Waals surface area contributed by atoms with Crippen molar-refractivity contribution in [2.75, 3.05) is 52.6 Å². The Bertz CT molecular complexity index is 2960. The number of nitrogens with zero attached hydrogens (tertiary/aromatic N) is 1. The molecule has 0 radical (unpaired) electrons. The predicted octanol–water partition coefficient (Wildman–Crippen LogP) is 8.00. The molecule has 12 rings (SSSR count). The molecule has 6 N–H and O–H groups in total. The van der Waals surface area contributed by atoms with E-state index in [-0.39, 0.29) is 73.4 Å². The molecule has 376 valence electrons. The van der Waals surface area contributed by atoms with Gasteiger partial charge in [-0.3, -0.25) is 19.8 Å². The van der Waals surface area contributed by atoms with Crippen LogP contribution < -0.4 is 34.3 Å². The van der Waals surface area contributed by atoms with Crippen molar-refractivity contribution in [3.8, 4) is 45.6 Å². The Hall–Kier alpha value is -6.32. The van der Waals surface area contributed by atoms with Crippen LogP contribution in [-0.2, 0) is 27.8 Å². The van der Waals surface area contributed by atoms with E-state index in [1.165, 1.54) is 19.3 Å². The number of ether oxygens (including phenoxy) is 5. The molecule has 0 aromatic heterocycles. The number of aliphatic hydroxyl groups is 3. The number of carbonyl (C=O) groups is 2. The zero-order valence-electron chi connectivity index (χ0n) is 41.0. The van der Waals surface area contributed by atoms with Gasteiger partial charge in [-0.05, 0) is 103 Å². The zero-order valence-corrected chi connectivity index (χ0v) is 41.0. The molecule has 5 aliphatic carbocycles. The molecular formula is C58H63N3O11. The first-order valence-electron chi connectivity index (χ1n) is 25.8. The molecule has 8 aliphatic rings. The number of hydrogen-bond donors (Lipinski definition) is 6. The van der Waals surface area contributed by atoms with E-state index in [0.29, 0.717) is 59.0 Å². The Morgan fingerprint density at radius 1 is 0.847 bits per heavy atom. The molecule has 3 heterocycles. The molecule has 2 amide bonds. The third-order valence-corrected chi connectivity index (χ3v) is 17.8. The summed E-state index contributed by atoms with van der Waals surface area (Å²) in [5.74, 6) is -0.0352. The monoisotopic (exact) mass is 977 g/mol. The van der Waals surface area contributed by atoms with Crippen molar-refractivity contribution < 1.29 is 53.7 Å². The molecule has 2 saturated carbocycles. The quantitative estimate of drug-likeness (QED) is 0.0406. The smallest absolute Gasteiger partial charge is 0.254 e. The summed E-state index contributed by atoms with van der Waals surface area (Å²) in [6, 6.07) is 13.5. The van der Waals surface area contributed by atoms with Crippen LogP contribution in [0.1, 0.15) is 115 Å². The van der Waals surface area contributed by atoms with E-state index in [1.807, 2.05) is 19.1 Å². The number of aliphatic hydroxyl groups excluding tert-OH is 3. The van der Waals surface area contributed by atoms with Crippen molar-refractivity contribution in [1.29, 1.82) is 0 Å². The van der Waals surface area contributed by atoms with Gasteiger partial charge < -0.3 is 49.4 Å². The van der Waals surface area contributed by atoms with Crippen molar-refractivity contribution in [2.45, 2.75) is 93.9 Å². The van der Waals surface area contributed by atoms with Gasteiger partial charge in [0.05, 0.1) is 51.2 Å². The van der Waals surface area contributed by atoms with Gasteiger partial charge in [-0.25, -0.2) is 0 Å². The van der Waals surface area contributed by atoms with Crippen LogP contribution in [-0.4, -0.2) is 90.0 Å². The molecule has 14 nitrogen and oxygen atoms in total. The second kappa shape index (κ2) is 18.0. The molecule has 4 aromatic rings. The molecule has 0 saturated heterocycles. The SMILES string of the molecule is CCNCOc1cc(OC)c2c3c1C(O)Nc1cc4c(c(c1-3)CC2)C(O)C(c1cc(OC)c(O)c(OCC(CO)C23c5c6cccc5C=CC2C(C2(N5C(=O)C=CC5=O)CCCCC2)CCC3C=C6)c1)CO4. The number of phenolic OH excluding ortho intramolecular Hbond substituents is 1.